The van der Waals surface area contributed by atoms with Crippen molar-refractivity contribution in [3.8, 4) is 0 Å². The highest BCUT2D eigenvalue weighted by molar-refractivity contribution is 6.03. The summed E-state index contributed by atoms with van der Waals surface area (Å²) in [5.41, 5.74) is -3.19. The van der Waals surface area contributed by atoms with Gasteiger partial charge in [-0.3, -0.25) is 0 Å². The number of esters is 2. The van der Waals surface area contributed by atoms with E-state index in [1.807, 2.05) is 0 Å². The highest BCUT2D eigenvalue weighted by Gasteiger charge is 2.38. The van der Waals surface area contributed by atoms with Gasteiger partial charge in [0, 0.05) is 5.69 Å². The Morgan fingerprint density at radius 3 is 2.30 bits per heavy atom. The third-order valence-corrected chi connectivity index (χ3v) is 3.68. The molecule has 0 saturated heterocycles. The first-order valence-electron chi connectivity index (χ1n) is 7.31. The zero-order valence-electron chi connectivity index (χ0n) is 14.1. The highest BCUT2D eigenvalue weighted by atomic mass is 19.4. The first-order valence-corrected chi connectivity index (χ1v) is 7.31. The van der Waals surface area contributed by atoms with Gasteiger partial charge in [0.25, 0.3) is 0 Å². The maximum absolute atomic E-state index is 13.2. The monoisotopic (exact) mass is 389 g/mol. The number of carboxylic acid groups (broad SMARTS) is 1. The number of carboxylic acids is 1. The standard InChI is InChI=1S/C16H14F3NO7/c1-25-14(23)10-6-27-7-20(12(10)15(24)26-2)8-3-4-9(13(21)22)11(5-8)16(17,18)19/h3-5H,6-7H2,1-2H3,(H,21,22). The predicted octanol–water partition coefficient (Wildman–Crippen LogP) is 1.80. The third kappa shape index (κ3) is 4.03. The molecule has 27 heavy (non-hydrogen) atoms. The Hall–Kier alpha value is -3.08. The lowest BCUT2D eigenvalue weighted by Crippen LogP contribution is -2.39. The zero-order chi connectivity index (χ0) is 20.4. The second-order valence-electron chi connectivity index (χ2n) is 5.25. The molecular weight excluding hydrogens is 375 g/mol. The molecule has 0 spiro atoms. The van der Waals surface area contributed by atoms with Gasteiger partial charge in [0.15, 0.2) is 0 Å². The Balaban J connectivity index is 2.66. The minimum atomic E-state index is -4.96. The van der Waals surface area contributed by atoms with Crippen molar-refractivity contribution < 1.29 is 46.9 Å². The zero-order valence-corrected chi connectivity index (χ0v) is 14.1. The van der Waals surface area contributed by atoms with Crippen molar-refractivity contribution in [1.82, 2.24) is 0 Å². The first-order chi connectivity index (χ1) is 12.6. The van der Waals surface area contributed by atoms with Gasteiger partial charge in [0.1, 0.15) is 12.4 Å². The van der Waals surface area contributed by atoms with E-state index in [9.17, 15) is 27.6 Å². The Morgan fingerprint density at radius 2 is 1.78 bits per heavy atom. The molecule has 8 nitrogen and oxygen atoms in total. The molecule has 0 atom stereocenters. The molecule has 11 heteroatoms. The summed E-state index contributed by atoms with van der Waals surface area (Å²) in [6.07, 6.45) is -4.96. The molecule has 0 aliphatic carbocycles. The average Bonchev–Trinajstić information content (AvgIpc) is 2.64. The number of carbonyl (C=O) groups excluding carboxylic acids is 2. The number of benzene rings is 1. The normalized spacial score (nSPS) is 14.8. The number of halogens is 3. The van der Waals surface area contributed by atoms with E-state index in [4.69, 9.17) is 9.84 Å². The molecule has 0 unspecified atom stereocenters. The summed E-state index contributed by atoms with van der Waals surface area (Å²) in [5.74, 6) is -3.67. The Kier molecular flexibility index (Phi) is 5.74. The number of ether oxygens (including phenoxy) is 3. The summed E-state index contributed by atoms with van der Waals surface area (Å²) >= 11 is 0. The van der Waals surface area contributed by atoms with Crippen molar-refractivity contribution in [3.63, 3.8) is 0 Å². The minimum Gasteiger partial charge on any atom is -0.478 e. The minimum absolute atomic E-state index is 0.214. The number of alkyl halides is 3. The molecule has 0 saturated carbocycles. The fourth-order valence-electron chi connectivity index (χ4n) is 2.47. The summed E-state index contributed by atoms with van der Waals surface area (Å²) < 4.78 is 54.1. The molecule has 1 aromatic rings. The second-order valence-corrected chi connectivity index (χ2v) is 5.25. The quantitative estimate of drug-likeness (QED) is 0.778. The Labute approximate surface area is 150 Å². The largest absolute Gasteiger partial charge is 0.478 e. The summed E-state index contributed by atoms with van der Waals surface area (Å²) in [6.45, 7) is -0.679. The predicted molar refractivity (Wildman–Crippen MR) is 82.8 cm³/mol. The van der Waals surface area contributed by atoms with Crippen molar-refractivity contribution in [2.24, 2.45) is 0 Å². The maximum atomic E-state index is 13.2. The number of methoxy groups -OCH3 is 2. The van der Waals surface area contributed by atoms with Crippen LogP contribution in [0.15, 0.2) is 29.5 Å². The van der Waals surface area contributed by atoms with Crippen molar-refractivity contribution in [1.29, 1.82) is 0 Å². The number of hydrogen-bond acceptors (Lipinski definition) is 7. The van der Waals surface area contributed by atoms with Gasteiger partial charge in [-0.05, 0) is 18.2 Å². The second kappa shape index (κ2) is 7.66. The molecule has 0 aromatic heterocycles. The van der Waals surface area contributed by atoms with Gasteiger partial charge in [-0.15, -0.1) is 0 Å². The van der Waals surface area contributed by atoms with E-state index in [1.54, 1.807) is 0 Å². The van der Waals surface area contributed by atoms with Gasteiger partial charge >= 0.3 is 24.1 Å². The van der Waals surface area contributed by atoms with Crippen LogP contribution in [0.3, 0.4) is 0 Å². The molecule has 0 fully saturated rings. The van der Waals surface area contributed by atoms with E-state index >= 15 is 0 Å². The molecule has 0 amide bonds. The first kappa shape index (κ1) is 20.2. The molecule has 2 rings (SSSR count). The van der Waals surface area contributed by atoms with Crippen LogP contribution in [-0.2, 0) is 30.0 Å². The van der Waals surface area contributed by atoms with Crippen LogP contribution in [0.25, 0.3) is 0 Å². The summed E-state index contributed by atoms with van der Waals surface area (Å²) in [5, 5.41) is 8.97. The van der Waals surface area contributed by atoms with Crippen molar-refractivity contribution >= 4 is 23.6 Å². The smallest absolute Gasteiger partial charge is 0.417 e. The number of aromatic carboxylic acids is 1. The van der Waals surface area contributed by atoms with E-state index in [1.165, 1.54) is 0 Å². The van der Waals surface area contributed by atoms with E-state index in [0.717, 1.165) is 31.3 Å². The molecular formula is C16H14F3NO7. The lowest BCUT2D eigenvalue weighted by atomic mass is 10.0. The Morgan fingerprint density at radius 1 is 1.15 bits per heavy atom. The van der Waals surface area contributed by atoms with Gasteiger partial charge in [-0.25, -0.2) is 14.4 Å². The number of anilines is 1. The molecule has 0 radical (unpaired) electrons. The Bertz CT molecular complexity index is 817. The summed E-state index contributed by atoms with van der Waals surface area (Å²) in [6, 6.07) is 2.36. The number of rotatable bonds is 4. The molecule has 146 valence electrons. The van der Waals surface area contributed by atoms with Gasteiger partial charge in [-0.2, -0.15) is 13.2 Å². The lowest BCUT2D eigenvalue weighted by Gasteiger charge is -2.31. The van der Waals surface area contributed by atoms with Crippen molar-refractivity contribution in [2.75, 3.05) is 32.5 Å². The fraction of sp³-hybridized carbons (Fsp3) is 0.312. The van der Waals surface area contributed by atoms with Crippen LogP contribution in [0.1, 0.15) is 15.9 Å². The topological polar surface area (TPSA) is 102 Å². The SMILES string of the molecule is COC(=O)C1=C(C(=O)OC)N(c2ccc(C(=O)O)c(C(F)(F)F)c2)COC1. The molecule has 1 aliphatic heterocycles. The van der Waals surface area contributed by atoms with Crippen LogP contribution in [0, 0.1) is 0 Å². The highest BCUT2D eigenvalue weighted by Crippen LogP contribution is 2.36. The number of hydrogen-bond donors (Lipinski definition) is 1. The number of carbonyl (C=O) groups is 3. The van der Waals surface area contributed by atoms with Gasteiger partial charge in [-0.1, -0.05) is 0 Å². The molecule has 1 heterocycles. The van der Waals surface area contributed by atoms with E-state index in [-0.39, 0.29) is 30.3 Å². The van der Waals surface area contributed by atoms with Crippen LogP contribution >= 0.6 is 0 Å². The fourth-order valence-corrected chi connectivity index (χ4v) is 2.47. The van der Waals surface area contributed by atoms with Crippen LogP contribution < -0.4 is 4.90 Å². The maximum Gasteiger partial charge on any atom is 0.417 e. The van der Waals surface area contributed by atoms with Crippen LogP contribution in [0.5, 0.6) is 0 Å². The third-order valence-electron chi connectivity index (χ3n) is 3.68. The van der Waals surface area contributed by atoms with Gasteiger partial charge in [0.05, 0.1) is 37.5 Å². The summed E-state index contributed by atoms with van der Waals surface area (Å²) in [4.78, 5) is 36.1. The van der Waals surface area contributed by atoms with Gasteiger partial charge in [0.2, 0.25) is 0 Å². The van der Waals surface area contributed by atoms with Crippen molar-refractivity contribution in [3.05, 3.63) is 40.6 Å². The molecule has 1 aromatic carbocycles. The van der Waals surface area contributed by atoms with Crippen LogP contribution in [-0.4, -0.2) is 50.6 Å². The molecule has 1 aliphatic rings. The average molecular weight is 389 g/mol. The molecule has 0 bridgehead atoms. The van der Waals surface area contributed by atoms with Crippen LogP contribution in [0.2, 0.25) is 0 Å². The summed E-state index contributed by atoms with van der Waals surface area (Å²) in [7, 11) is 2.10. The van der Waals surface area contributed by atoms with Crippen molar-refractivity contribution in [2.45, 2.75) is 6.18 Å². The number of nitrogens with zero attached hydrogens (tertiary/aromatic N) is 1. The van der Waals surface area contributed by atoms with E-state index in [0.29, 0.717) is 6.07 Å². The van der Waals surface area contributed by atoms with Gasteiger partial charge < -0.3 is 24.2 Å². The van der Waals surface area contributed by atoms with E-state index in [2.05, 4.69) is 9.47 Å². The lowest BCUT2D eigenvalue weighted by molar-refractivity contribution is -0.140. The molecule has 1 N–H and O–H groups in total. The van der Waals surface area contributed by atoms with Crippen LogP contribution in [0.4, 0.5) is 18.9 Å². The van der Waals surface area contributed by atoms with E-state index < -0.39 is 35.2 Å².